The van der Waals surface area contributed by atoms with Gasteiger partial charge in [-0.15, -0.1) is 0 Å². The van der Waals surface area contributed by atoms with Gasteiger partial charge in [0, 0.05) is 6.20 Å². The summed E-state index contributed by atoms with van der Waals surface area (Å²) in [4.78, 5) is 8.03. The van der Waals surface area contributed by atoms with Crippen molar-refractivity contribution in [2.75, 3.05) is 0 Å². The predicted octanol–water partition coefficient (Wildman–Crippen LogP) is 5.19. The van der Waals surface area contributed by atoms with E-state index in [-0.39, 0.29) is 0 Å². The number of nitrogens with zero attached hydrogens (tertiary/aromatic N) is 2. The fourth-order valence-corrected chi connectivity index (χ4v) is 2.50. The third-order valence-electron chi connectivity index (χ3n) is 2.88. The van der Waals surface area contributed by atoms with E-state index in [4.69, 9.17) is 16.3 Å². The molecule has 0 N–H and O–H groups in total. The molecule has 5 heteroatoms. The minimum Gasteiger partial charge on any atom is -0.436 e. The predicted molar refractivity (Wildman–Crippen MR) is 91.7 cm³/mol. The van der Waals surface area contributed by atoms with Gasteiger partial charge in [-0.1, -0.05) is 48.0 Å². The SMILES string of the molecule is Clc1cc(-c2ccccc2)ccc1Oc1ncncc1I. The van der Waals surface area contributed by atoms with E-state index >= 15 is 0 Å². The molecule has 3 rings (SSSR count). The Morgan fingerprint density at radius 1 is 1.00 bits per heavy atom. The highest BCUT2D eigenvalue weighted by Gasteiger charge is 2.09. The van der Waals surface area contributed by atoms with E-state index in [2.05, 4.69) is 32.6 Å². The van der Waals surface area contributed by atoms with Crippen LogP contribution in [0.15, 0.2) is 61.1 Å². The Morgan fingerprint density at radius 2 is 1.81 bits per heavy atom. The fraction of sp³-hybridized carbons (Fsp3) is 0. The van der Waals surface area contributed by atoms with Gasteiger partial charge in [-0.2, -0.15) is 0 Å². The molecule has 0 fully saturated rings. The van der Waals surface area contributed by atoms with Crippen molar-refractivity contribution in [3.8, 4) is 22.8 Å². The van der Waals surface area contributed by atoms with Crippen LogP contribution in [0.1, 0.15) is 0 Å². The van der Waals surface area contributed by atoms with E-state index in [1.807, 2.05) is 48.5 Å². The van der Waals surface area contributed by atoms with Crippen molar-refractivity contribution in [3.05, 3.63) is 69.6 Å². The van der Waals surface area contributed by atoms with Crippen molar-refractivity contribution in [3.63, 3.8) is 0 Å². The molecule has 3 nitrogen and oxygen atoms in total. The molecular formula is C16H10ClIN2O. The maximum absolute atomic E-state index is 6.31. The van der Waals surface area contributed by atoms with Crippen LogP contribution in [0.4, 0.5) is 0 Å². The molecule has 0 spiro atoms. The highest BCUT2D eigenvalue weighted by molar-refractivity contribution is 14.1. The van der Waals surface area contributed by atoms with Gasteiger partial charge >= 0.3 is 0 Å². The van der Waals surface area contributed by atoms with Crippen LogP contribution in [0.2, 0.25) is 5.02 Å². The molecule has 0 aliphatic carbocycles. The average Bonchev–Trinajstić information content (AvgIpc) is 2.52. The van der Waals surface area contributed by atoms with Crippen molar-refractivity contribution in [1.82, 2.24) is 9.97 Å². The summed E-state index contributed by atoms with van der Waals surface area (Å²) in [5.41, 5.74) is 2.16. The van der Waals surface area contributed by atoms with E-state index in [9.17, 15) is 0 Å². The van der Waals surface area contributed by atoms with E-state index in [1.54, 1.807) is 6.20 Å². The Kier molecular flexibility index (Phi) is 4.36. The summed E-state index contributed by atoms with van der Waals surface area (Å²) in [5, 5.41) is 0.547. The molecule has 1 aromatic heterocycles. The third kappa shape index (κ3) is 3.33. The van der Waals surface area contributed by atoms with Gasteiger partial charge < -0.3 is 4.74 Å². The molecule has 0 radical (unpaired) electrons. The first-order valence-electron chi connectivity index (χ1n) is 6.22. The molecule has 0 amide bonds. The molecule has 0 saturated heterocycles. The number of rotatable bonds is 3. The summed E-state index contributed by atoms with van der Waals surface area (Å²) < 4.78 is 6.57. The maximum Gasteiger partial charge on any atom is 0.235 e. The van der Waals surface area contributed by atoms with Gasteiger partial charge in [0.05, 0.1) is 8.59 Å². The zero-order valence-electron chi connectivity index (χ0n) is 10.8. The topological polar surface area (TPSA) is 35.0 Å². The number of benzene rings is 2. The number of ether oxygens (including phenoxy) is 1. The lowest BCUT2D eigenvalue weighted by Crippen LogP contribution is -1.92. The molecule has 1 heterocycles. The number of halogens is 2. The van der Waals surface area contributed by atoms with Crippen molar-refractivity contribution < 1.29 is 4.74 Å². The molecule has 0 aliphatic rings. The molecule has 0 aliphatic heterocycles. The summed E-state index contributed by atoms with van der Waals surface area (Å²) in [6.45, 7) is 0. The van der Waals surface area contributed by atoms with Gasteiger partial charge in [-0.25, -0.2) is 9.97 Å². The highest BCUT2D eigenvalue weighted by atomic mass is 127. The van der Waals surface area contributed by atoms with Gasteiger partial charge in [0.25, 0.3) is 0 Å². The lowest BCUT2D eigenvalue weighted by atomic mass is 10.1. The van der Waals surface area contributed by atoms with Crippen LogP contribution in [0.5, 0.6) is 11.6 Å². The Labute approximate surface area is 141 Å². The second kappa shape index (κ2) is 6.41. The van der Waals surface area contributed by atoms with E-state index in [0.717, 1.165) is 14.7 Å². The molecule has 2 aromatic carbocycles. The van der Waals surface area contributed by atoms with E-state index in [0.29, 0.717) is 16.7 Å². The van der Waals surface area contributed by atoms with Crippen LogP contribution in [0, 0.1) is 3.57 Å². The van der Waals surface area contributed by atoms with Crippen LogP contribution < -0.4 is 4.74 Å². The summed E-state index contributed by atoms with van der Waals surface area (Å²) in [5.74, 6) is 1.08. The lowest BCUT2D eigenvalue weighted by molar-refractivity contribution is 0.458. The zero-order valence-corrected chi connectivity index (χ0v) is 13.7. The first-order valence-corrected chi connectivity index (χ1v) is 7.68. The Balaban J connectivity index is 1.90. The molecule has 104 valence electrons. The molecular weight excluding hydrogens is 399 g/mol. The molecule has 0 saturated carbocycles. The molecule has 21 heavy (non-hydrogen) atoms. The first-order chi connectivity index (χ1) is 10.2. The van der Waals surface area contributed by atoms with Gasteiger partial charge in [0.1, 0.15) is 12.1 Å². The fourth-order valence-electron chi connectivity index (χ4n) is 1.87. The number of hydrogen-bond donors (Lipinski definition) is 0. The minimum atomic E-state index is 0.500. The Hall–Kier alpha value is -1.66. The number of aromatic nitrogens is 2. The van der Waals surface area contributed by atoms with Gasteiger partial charge in [-0.3, -0.25) is 0 Å². The quantitative estimate of drug-likeness (QED) is 0.559. The average molecular weight is 409 g/mol. The van der Waals surface area contributed by atoms with Crippen molar-refractivity contribution in [2.24, 2.45) is 0 Å². The van der Waals surface area contributed by atoms with Crippen LogP contribution in [-0.4, -0.2) is 9.97 Å². The van der Waals surface area contributed by atoms with Gasteiger partial charge in [0.15, 0.2) is 0 Å². The molecule has 0 atom stereocenters. The van der Waals surface area contributed by atoms with E-state index in [1.165, 1.54) is 6.33 Å². The van der Waals surface area contributed by atoms with Crippen LogP contribution in [0.3, 0.4) is 0 Å². The smallest absolute Gasteiger partial charge is 0.235 e. The lowest BCUT2D eigenvalue weighted by Gasteiger charge is -2.09. The first kappa shape index (κ1) is 14.3. The van der Waals surface area contributed by atoms with Crippen molar-refractivity contribution in [1.29, 1.82) is 0 Å². The molecule has 0 unspecified atom stereocenters. The Bertz CT molecular complexity index is 765. The second-order valence-electron chi connectivity index (χ2n) is 4.29. The molecule has 3 aromatic rings. The van der Waals surface area contributed by atoms with Gasteiger partial charge in [0.2, 0.25) is 5.88 Å². The van der Waals surface area contributed by atoms with Crippen LogP contribution in [-0.2, 0) is 0 Å². The standard InChI is InChI=1S/C16H10ClIN2O/c17-13-8-12(11-4-2-1-3-5-11)6-7-15(13)21-16-14(18)9-19-10-20-16/h1-10H. The van der Waals surface area contributed by atoms with Crippen LogP contribution >= 0.6 is 34.2 Å². The summed E-state index contributed by atoms with van der Waals surface area (Å²) in [6, 6.07) is 15.8. The van der Waals surface area contributed by atoms with Crippen molar-refractivity contribution >= 4 is 34.2 Å². The summed E-state index contributed by atoms with van der Waals surface area (Å²) in [6.07, 6.45) is 3.14. The summed E-state index contributed by atoms with van der Waals surface area (Å²) in [7, 11) is 0. The second-order valence-corrected chi connectivity index (χ2v) is 5.86. The van der Waals surface area contributed by atoms with Gasteiger partial charge in [-0.05, 0) is 45.9 Å². The zero-order chi connectivity index (χ0) is 14.7. The highest BCUT2D eigenvalue weighted by Crippen LogP contribution is 2.33. The largest absolute Gasteiger partial charge is 0.436 e. The minimum absolute atomic E-state index is 0.500. The molecule has 0 bridgehead atoms. The number of hydrogen-bond acceptors (Lipinski definition) is 3. The van der Waals surface area contributed by atoms with E-state index < -0.39 is 0 Å². The maximum atomic E-state index is 6.31. The third-order valence-corrected chi connectivity index (χ3v) is 3.91. The summed E-state index contributed by atoms with van der Waals surface area (Å²) >= 11 is 8.43. The Morgan fingerprint density at radius 3 is 2.52 bits per heavy atom. The monoisotopic (exact) mass is 408 g/mol. The van der Waals surface area contributed by atoms with Crippen molar-refractivity contribution in [2.45, 2.75) is 0 Å². The van der Waals surface area contributed by atoms with Crippen LogP contribution in [0.25, 0.3) is 11.1 Å². The normalized spacial score (nSPS) is 10.4.